The minimum Gasteiger partial charge on any atom is -0.412 e. The van der Waals surface area contributed by atoms with Crippen LogP contribution in [-0.4, -0.2) is 10.2 Å². The summed E-state index contributed by atoms with van der Waals surface area (Å²) < 4.78 is 5.09. The predicted octanol–water partition coefficient (Wildman–Crippen LogP) is 2.24. The minimum atomic E-state index is 0.141. The lowest BCUT2D eigenvalue weighted by atomic mass is 10.1. The Labute approximate surface area is 69.8 Å². The van der Waals surface area contributed by atoms with Gasteiger partial charge in [0.05, 0.1) is 0 Å². The first-order valence-corrected chi connectivity index (χ1v) is 3.96. The molecule has 0 aromatic carbocycles. The van der Waals surface area contributed by atoms with Crippen LogP contribution in [0.1, 0.15) is 32.1 Å². The van der Waals surface area contributed by atoms with Crippen molar-refractivity contribution < 1.29 is 4.42 Å². The highest BCUT2D eigenvalue weighted by molar-refractivity contribution is 6.27. The van der Waals surface area contributed by atoms with Crippen LogP contribution >= 0.6 is 11.6 Å². The first-order chi connectivity index (χ1) is 5.09. The third-order valence-electron chi connectivity index (χ3n) is 2.23. The molecule has 11 heavy (non-hydrogen) atoms. The molecule has 2 rings (SSSR count). The van der Waals surface area contributed by atoms with Gasteiger partial charge < -0.3 is 4.42 Å². The van der Waals surface area contributed by atoms with E-state index in [-0.39, 0.29) is 5.35 Å². The summed E-state index contributed by atoms with van der Waals surface area (Å²) in [4.78, 5) is 0. The maximum atomic E-state index is 5.49. The Morgan fingerprint density at radius 1 is 1.55 bits per heavy atom. The number of nitrogens with zero attached hydrogens (tertiary/aromatic N) is 2. The molecule has 0 radical (unpaired) electrons. The number of hydrogen-bond donors (Lipinski definition) is 0. The van der Waals surface area contributed by atoms with E-state index in [2.05, 4.69) is 24.0 Å². The van der Waals surface area contributed by atoms with Crippen LogP contribution < -0.4 is 0 Å². The highest BCUT2D eigenvalue weighted by Gasteiger charge is 2.50. The molecule has 0 N–H and O–H groups in total. The summed E-state index contributed by atoms with van der Waals surface area (Å²) in [5, 5.41) is 7.56. The van der Waals surface area contributed by atoms with Gasteiger partial charge >= 0.3 is 5.35 Å². The van der Waals surface area contributed by atoms with Crippen molar-refractivity contribution in [1.29, 1.82) is 0 Å². The second kappa shape index (κ2) is 1.97. The SMILES string of the molecule is CC1(C)CC1c1nnc(Cl)o1. The number of hydrogen-bond acceptors (Lipinski definition) is 3. The van der Waals surface area contributed by atoms with Gasteiger partial charge in [-0.25, -0.2) is 0 Å². The average molecular weight is 173 g/mol. The van der Waals surface area contributed by atoms with Crippen LogP contribution in [-0.2, 0) is 0 Å². The van der Waals surface area contributed by atoms with Gasteiger partial charge in [-0.05, 0) is 23.4 Å². The van der Waals surface area contributed by atoms with Gasteiger partial charge in [0.25, 0.3) is 0 Å². The molecule has 0 spiro atoms. The second-order valence-electron chi connectivity index (χ2n) is 3.64. The van der Waals surface area contributed by atoms with Crippen molar-refractivity contribution in [2.45, 2.75) is 26.2 Å². The van der Waals surface area contributed by atoms with Gasteiger partial charge in [0.2, 0.25) is 5.89 Å². The van der Waals surface area contributed by atoms with Crippen LogP contribution in [0.25, 0.3) is 0 Å². The summed E-state index contributed by atoms with van der Waals surface area (Å²) >= 11 is 5.49. The van der Waals surface area contributed by atoms with Crippen molar-refractivity contribution in [1.82, 2.24) is 10.2 Å². The molecule has 60 valence electrons. The third kappa shape index (κ3) is 1.13. The molecule has 1 fully saturated rings. The van der Waals surface area contributed by atoms with Gasteiger partial charge in [0.15, 0.2) is 0 Å². The molecule has 1 aliphatic rings. The first-order valence-electron chi connectivity index (χ1n) is 3.58. The van der Waals surface area contributed by atoms with E-state index >= 15 is 0 Å². The van der Waals surface area contributed by atoms with Crippen molar-refractivity contribution in [3.63, 3.8) is 0 Å². The summed E-state index contributed by atoms with van der Waals surface area (Å²) in [6, 6.07) is 0. The molecule has 1 heterocycles. The molecule has 0 aliphatic heterocycles. The molecule has 1 aromatic heterocycles. The summed E-state index contributed by atoms with van der Waals surface area (Å²) in [7, 11) is 0. The van der Waals surface area contributed by atoms with Gasteiger partial charge in [-0.2, -0.15) is 0 Å². The van der Waals surface area contributed by atoms with Gasteiger partial charge in [-0.3, -0.25) is 0 Å². The Balaban J connectivity index is 2.20. The van der Waals surface area contributed by atoms with Crippen molar-refractivity contribution in [3.05, 3.63) is 11.2 Å². The highest BCUT2D eigenvalue weighted by atomic mass is 35.5. The standard InChI is InChI=1S/C7H9ClN2O/c1-7(2)3-4(7)5-9-10-6(8)11-5/h4H,3H2,1-2H3. The van der Waals surface area contributed by atoms with E-state index in [0.29, 0.717) is 17.2 Å². The van der Waals surface area contributed by atoms with Crippen molar-refractivity contribution in [3.8, 4) is 0 Å². The summed E-state index contributed by atoms with van der Waals surface area (Å²) in [6.07, 6.45) is 1.12. The monoisotopic (exact) mass is 172 g/mol. The molecule has 4 heteroatoms. The van der Waals surface area contributed by atoms with E-state index in [1.54, 1.807) is 0 Å². The van der Waals surface area contributed by atoms with E-state index in [1.807, 2.05) is 0 Å². The predicted molar refractivity (Wildman–Crippen MR) is 40.4 cm³/mol. The van der Waals surface area contributed by atoms with Crippen molar-refractivity contribution in [2.24, 2.45) is 5.41 Å². The average Bonchev–Trinajstić information content (AvgIpc) is 2.39. The zero-order valence-electron chi connectivity index (χ0n) is 6.47. The molecule has 0 saturated heterocycles. The molecular formula is C7H9ClN2O. The molecule has 1 aliphatic carbocycles. The minimum absolute atomic E-state index is 0.141. The van der Waals surface area contributed by atoms with Crippen LogP contribution in [0.3, 0.4) is 0 Å². The molecular weight excluding hydrogens is 164 g/mol. The van der Waals surface area contributed by atoms with E-state index in [9.17, 15) is 0 Å². The van der Waals surface area contributed by atoms with Crippen LogP contribution in [0.5, 0.6) is 0 Å². The lowest BCUT2D eigenvalue weighted by Crippen LogP contribution is -1.89. The number of aromatic nitrogens is 2. The van der Waals surface area contributed by atoms with Gasteiger partial charge in [-0.1, -0.05) is 18.9 Å². The van der Waals surface area contributed by atoms with E-state index < -0.39 is 0 Å². The van der Waals surface area contributed by atoms with Crippen LogP contribution in [0, 0.1) is 5.41 Å². The Kier molecular flexibility index (Phi) is 1.27. The zero-order chi connectivity index (χ0) is 8.06. The normalized spacial score (nSPS) is 27.0. The summed E-state index contributed by atoms with van der Waals surface area (Å²) in [5.74, 6) is 1.10. The molecule has 3 nitrogen and oxygen atoms in total. The Hall–Kier alpha value is -0.570. The topological polar surface area (TPSA) is 38.9 Å². The lowest BCUT2D eigenvalue weighted by Gasteiger charge is -1.95. The molecule has 0 bridgehead atoms. The number of halogens is 1. The second-order valence-corrected chi connectivity index (χ2v) is 3.96. The van der Waals surface area contributed by atoms with E-state index in [0.717, 1.165) is 6.42 Å². The van der Waals surface area contributed by atoms with E-state index in [1.165, 1.54) is 0 Å². The smallest absolute Gasteiger partial charge is 0.312 e. The fraction of sp³-hybridized carbons (Fsp3) is 0.714. The zero-order valence-corrected chi connectivity index (χ0v) is 7.22. The maximum Gasteiger partial charge on any atom is 0.312 e. The van der Waals surface area contributed by atoms with Crippen molar-refractivity contribution in [2.75, 3.05) is 0 Å². The maximum absolute atomic E-state index is 5.49. The van der Waals surface area contributed by atoms with Crippen LogP contribution in [0.2, 0.25) is 5.35 Å². The Morgan fingerprint density at radius 2 is 2.18 bits per heavy atom. The fourth-order valence-electron chi connectivity index (χ4n) is 1.25. The first kappa shape index (κ1) is 7.10. The summed E-state index contributed by atoms with van der Waals surface area (Å²) in [5.41, 5.74) is 0.329. The lowest BCUT2D eigenvalue weighted by molar-refractivity contribution is 0.468. The van der Waals surface area contributed by atoms with E-state index in [4.69, 9.17) is 16.0 Å². The van der Waals surface area contributed by atoms with Crippen LogP contribution in [0.15, 0.2) is 4.42 Å². The fourth-order valence-corrected chi connectivity index (χ4v) is 1.36. The molecule has 1 atom stereocenters. The third-order valence-corrected chi connectivity index (χ3v) is 2.38. The van der Waals surface area contributed by atoms with Gasteiger partial charge in [-0.15, -0.1) is 5.10 Å². The quantitative estimate of drug-likeness (QED) is 0.652. The van der Waals surface area contributed by atoms with Crippen molar-refractivity contribution >= 4 is 11.6 Å². The van der Waals surface area contributed by atoms with Gasteiger partial charge in [0, 0.05) is 5.92 Å². The van der Waals surface area contributed by atoms with Crippen LogP contribution in [0.4, 0.5) is 0 Å². The van der Waals surface area contributed by atoms with Gasteiger partial charge in [0.1, 0.15) is 0 Å². The largest absolute Gasteiger partial charge is 0.412 e. The number of rotatable bonds is 1. The molecule has 0 amide bonds. The molecule has 1 unspecified atom stereocenters. The Bertz CT molecular complexity index is 282. The summed E-state index contributed by atoms with van der Waals surface area (Å²) in [6.45, 7) is 4.35. The highest BCUT2D eigenvalue weighted by Crippen LogP contribution is 2.58. The Morgan fingerprint density at radius 3 is 2.55 bits per heavy atom. The molecule has 1 aromatic rings. The molecule has 1 saturated carbocycles.